The average molecular weight is 380 g/mol. The Kier molecular flexibility index (Phi) is 4.90. The van der Waals surface area contributed by atoms with E-state index in [1.54, 1.807) is 10.6 Å². The lowest BCUT2D eigenvalue weighted by molar-refractivity contribution is 0.0708. The van der Waals surface area contributed by atoms with Crippen molar-refractivity contribution in [2.45, 2.75) is 39.2 Å². The Morgan fingerprint density at radius 3 is 2.57 bits per heavy atom. The first kappa shape index (κ1) is 18.3. The van der Waals surface area contributed by atoms with Crippen molar-refractivity contribution in [2.24, 2.45) is 0 Å². The Hall–Kier alpha value is -3.09. The van der Waals surface area contributed by atoms with Gasteiger partial charge in [-0.25, -0.2) is 9.89 Å². The fourth-order valence-electron chi connectivity index (χ4n) is 3.91. The number of aromatic nitrogens is 3. The van der Waals surface area contributed by atoms with Crippen molar-refractivity contribution in [3.63, 3.8) is 0 Å². The van der Waals surface area contributed by atoms with Gasteiger partial charge in [0.05, 0.1) is 12.1 Å². The normalized spacial score (nSPS) is 15.1. The van der Waals surface area contributed by atoms with Gasteiger partial charge in [0.2, 0.25) is 0 Å². The van der Waals surface area contributed by atoms with Crippen LogP contribution in [0.1, 0.15) is 52.0 Å². The summed E-state index contributed by atoms with van der Waals surface area (Å²) >= 11 is 0. The van der Waals surface area contributed by atoms with Gasteiger partial charge in [-0.05, 0) is 38.3 Å². The maximum atomic E-state index is 12.8. The van der Waals surface area contributed by atoms with Crippen LogP contribution in [0.5, 0.6) is 0 Å². The number of benzene rings is 1. The van der Waals surface area contributed by atoms with Gasteiger partial charge in [0, 0.05) is 19.0 Å². The molecule has 0 bridgehead atoms. The Morgan fingerprint density at radius 2 is 1.93 bits per heavy atom. The molecule has 2 aromatic heterocycles. The number of aryl methyl sites for hydroxylation is 2. The fourth-order valence-corrected chi connectivity index (χ4v) is 3.91. The molecular weight excluding hydrogens is 356 g/mol. The molecule has 1 aliphatic rings. The molecule has 7 heteroatoms. The minimum absolute atomic E-state index is 0.0107. The van der Waals surface area contributed by atoms with Crippen molar-refractivity contribution in [3.05, 3.63) is 75.4 Å². The van der Waals surface area contributed by atoms with Gasteiger partial charge >= 0.3 is 5.69 Å². The third kappa shape index (κ3) is 3.52. The van der Waals surface area contributed by atoms with Crippen molar-refractivity contribution < 1.29 is 9.21 Å². The van der Waals surface area contributed by atoms with Crippen LogP contribution in [0.3, 0.4) is 0 Å². The number of H-pyrrole nitrogens is 1. The summed E-state index contributed by atoms with van der Waals surface area (Å²) in [5.74, 6) is 2.34. The van der Waals surface area contributed by atoms with E-state index in [0.717, 1.165) is 30.0 Å². The van der Waals surface area contributed by atoms with Gasteiger partial charge < -0.3 is 9.32 Å². The molecule has 1 amide bonds. The molecule has 3 heterocycles. The lowest BCUT2D eigenvalue weighted by Gasteiger charge is -2.31. The number of piperidine rings is 1. The molecule has 3 aromatic rings. The van der Waals surface area contributed by atoms with Gasteiger partial charge in [-0.1, -0.05) is 30.3 Å². The van der Waals surface area contributed by atoms with Crippen LogP contribution in [0.25, 0.3) is 0 Å². The monoisotopic (exact) mass is 380 g/mol. The van der Waals surface area contributed by atoms with Gasteiger partial charge in [0.25, 0.3) is 5.91 Å². The van der Waals surface area contributed by atoms with Gasteiger partial charge in [-0.3, -0.25) is 9.36 Å². The van der Waals surface area contributed by atoms with Crippen molar-refractivity contribution >= 4 is 5.91 Å². The summed E-state index contributed by atoms with van der Waals surface area (Å²) in [7, 11) is 0. The van der Waals surface area contributed by atoms with Crippen LogP contribution in [-0.4, -0.2) is 38.7 Å². The van der Waals surface area contributed by atoms with Crippen LogP contribution in [0.4, 0.5) is 0 Å². The first-order chi connectivity index (χ1) is 13.5. The number of rotatable bonds is 4. The molecule has 0 saturated carbocycles. The predicted octanol–water partition coefficient (Wildman–Crippen LogP) is 2.85. The van der Waals surface area contributed by atoms with E-state index in [-0.39, 0.29) is 17.5 Å². The zero-order chi connectivity index (χ0) is 19.7. The van der Waals surface area contributed by atoms with Crippen LogP contribution in [-0.2, 0) is 6.54 Å². The van der Waals surface area contributed by atoms with Crippen LogP contribution in [0.2, 0.25) is 0 Å². The molecule has 28 heavy (non-hydrogen) atoms. The first-order valence-corrected chi connectivity index (χ1v) is 9.58. The third-order valence-electron chi connectivity index (χ3n) is 5.39. The number of nitrogens with zero attached hydrogens (tertiary/aromatic N) is 3. The molecule has 1 fully saturated rings. The molecule has 0 unspecified atom stereocenters. The van der Waals surface area contributed by atoms with E-state index in [2.05, 4.69) is 10.2 Å². The van der Waals surface area contributed by atoms with Crippen molar-refractivity contribution in [1.29, 1.82) is 0 Å². The van der Waals surface area contributed by atoms with E-state index in [9.17, 15) is 9.59 Å². The molecule has 0 aliphatic carbocycles. The highest BCUT2D eigenvalue weighted by atomic mass is 16.3. The number of hydrogen-bond donors (Lipinski definition) is 1. The number of carbonyl (C=O) groups is 1. The second kappa shape index (κ2) is 7.50. The highest BCUT2D eigenvalue weighted by Crippen LogP contribution is 2.28. The number of hydrogen-bond acceptors (Lipinski definition) is 4. The second-order valence-corrected chi connectivity index (χ2v) is 7.35. The lowest BCUT2D eigenvalue weighted by atomic mass is 9.95. The highest BCUT2D eigenvalue weighted by molar-refractivity contribution is 5.95. The molecule has 0 spiro atoms. The Bertz CT molecular complexity index is 1020. The van der Waals surface area contributed by atoms with Gasteiger partial charge in [0.1, 0.15) is 17.3 Å². The predicted molar refractivity (Wildman–Crippen MR) is 104 cm³/mol. The topological polar surface area (TPSA) is 84.1 Å². The highest BCUT2D eigenvalue weighted by Gasteiger charge is 2.29. The maximum Gasteiger partial charge on any atom is 0.343 e. The largest absolute Gasteiger partial charge is 0.466 e. The zero-order valence-electron chi connectivity index (χ0n) is 16.1. The van der Waals surface area contributed by atoms with Crippen molar-refractivity contribution in [3.8, 4) is 0 Å². The molecule has 4 rings (SSSR count). The van der Waals surface area contributed by atoms with Crippen molar-refractivity contribution in [2.75, 3.05) is 13.1 Å². The molecule has 1 aromatic carbocycles. The van der Waals surface area contributed by atoms with Gasteiger partial charge in [0.15, 0.2) is 0 Å². The fraction of sp³-hybridized carbons (Fsp3) is 0.381. The SMILES string of the molecule is Cc1cc(C(=O)N2CCC(c3n[nH]c(=O)n3Cc3ccccc3)CC2)c(C)o1. The summed E-state index contributed by atoms with van der Waals surface area (Å²) < 4.78 is 7.20. The molecular formula is C21H24N4O3. The standard InChI is InChI=1S/C21H24N4O3/c1-14-12-18(15(2)28-14)20(26)24-10-8-17(9-11-24)19-22-23-21(27)25(19)13-16-6-4-3-5-7-16/h3-7,12,17H,8-11,13H2,1-2H3,(H,23,27). The summed E-state index contributed by atoms with van der Waals surface area (Å²) in [6, 6.07) is 11.7. The van der Waals surface area contributed by atoms with E-state index >= 15 is 0 Å². The molecule has 1 aliphatic heterocycles. The summed E-state index contributed by atoms with van der Waals surface area (Å²) in [5.41, 5.74) is 1.50. The molecule has 0 atom stereocenters. The van der Waals surface area contributed by atoms with Crippen LogP contribution < -0.4 is 5.69 Å². The molecule has 7 nitrogen and oxygen atoms in total. The minimum Gasteiger partial charge on any atom is -0.466 e. The lowest BCUT2D eigenvalue weighted by Crippen LogP contribution is -2.38. The number of aromatic amines is 1. The summed E-state index contributed by atoms with van der Waals surface area (Å²) in [6.45, 7) is 5.44. The van der Waals surface area contributed by atoms with E-state index < -0.39 is 0 Å². The number of furan rings is 1. The van der Waals surface area contributed by atoms with Gasteiger partial charge in [-0.15, -0.1) is 0 Å². The molecule has 146 valence electrons. The van der Waals surface area contributed by atoms with Crippen LogP contribution in [0.15, 0.2) is 45.6 Å². The maximum absolute atomic E-state index is 12.8. The minimum atomic E-state index is -0.193. The Labute approximate surface area is 163 Å². The second-order valence-electron chi connectivity index (χ2n) is 7.35. The smallest absolute Gasteiger partial charge is 0.343 e. The zero-order valence-corrected chi connectivity index (χ0v) is 16.1. The third-order valence-corrected chi connectivity index (χ3v) is 5.39. The van der Waals surface area contributed by atoms with Gasteiger partial charge in [-0.2, -0.15) is 5.10 Å². The molecule has 0 radical (unpaired) electrons. The Morgan fingerprint density at radius 1 is 1.21 bits per heavy atom. The van der Waals surface area contributed by atoms with E-state index in [0.29, 0.717) is 31.0 Å². The average Bonchev–Trinajstić information content (AvgIpc) is 3.24. The molecule has 1 N–H and O–H groups in total. The summed E-state index contributed by atoms with van der Waals surface area (Å²) in [4.78, 5) is 26.9. The van der Waals surface area contributed by atoms with Crippen LogP contribution in [0, 0.1) is 13.8 Å². The first-order valence-electron chi connectivity index (χ1n) is 9.58. The van der Waals surface area contributed by atoms with Crippen molar-refractivity contribution in [1.82, 2.24) is 19.7 Å². The molecule has 1 saturated heterocycles. The number of nitrogens with one attached hydrogen (secondary N) is 1. The number of likely N-dealkylation sites (tertiary alicyclic amines) is 1. The number of carbonyl (C=O) groups excluding carboxylic acids is 1. The van der Waals surface area contributed by atoms with E-state index in [1.807, 2.05) is 49.1 Å². The summed E-state index contributed by atoms with van der Waals surface area (Å²) in [6.07, 6.45) is 1.56. The Balaban J connectivity index is 1.46. The van der Waals surface area contributed by atoms with E-state index in [4.69, 9.17) is 4.42 Å². The quantitative estimate of drug-likeness (QED) is 0.754. The van der Waals surface area contributed by atoms with Crippen LogP contribution >= 0.6 is 0 Å². The summed E-state index contributed by atoms with van der Waals surface area (Å²) in [5, 5.41) is 6.88. The number of amides is 1. The van der Waals surface area contributed by atoms with E-state index in [1.165, 1.54) is 0 Å².